The molecular formula is C12H10ClN3S2. The largest absolute Gasteiger partial charge is 0.329 e. The van der Waals surface area contributed by atoms with Gasteiger partial charge in [0.25, 0.3) is 0 Å². The molecule has 3 nitrogen and oxygen atoms in total. The van der Waals surface area contributed by atoms with Crippen molar-refractivity contribution in [2.24, 2.45) is 0 Å². The second kappa shape index (κ2) is 4.50. The van der Waals surface area contributed by atoms with E-state index in [-0.39, 0.29) is 0 Å². The van der Waals surface area contributed by atoms with E-state index >= 15 is 0 Å². The zero-order valence-corrected chi connectivity index (χ0v) is 12.0. The van der Waals surface area contributed by atoms with Gasteiger partial charge in [-0.3, -0.25) is 0 Å². The van der Waals surface area contributed by atoms with Crippen molar-refractivity contribution in [3.63, 3.8) is 0 Å². The Kier molecular flexibility index (Phi) is 2.97. The summed E-state index contributed by atoms with van der Waals surface area (Å²) in [6.45, 7) is 2.73. The van der Waals surface area contributed by atoms with Crippen LogP contribution in [0.15, 0.2) is 24.4 Å². The van der Waals surface area contributed by atoms with Crippen molar-refractivity contribution in [2.45, 2.75) is 13.5 Å². The molecule has 3 rings (SSSR count). The number of benzene rings is 1. The molecule has 0 aliphatic carbocycles. The molecule has 0 spiro atoms. The lowest BCUT2D eigenvalue weighted by atomic mass is 10.3. The normalized spacial score (nSPS) is 11.2. The molecule has 0 bridgehead atoms. The molecule has 0 aliphatic rings. The topological polar surface area (TPSA) is 33.6 Å². The highest BCUT2D eigenvalue weighted by Crippen LogP contribution is 2.24. The van der Waals surface area contributed by atoms with E-state index < -0.39 is 0 Å². The quantitative estimate of drug-likeness (QED) is 0.720. The molecule has 0 unspecified atom stereocenters. The third-order valence-corrected chi connectivity index (χ3v) is 4.28. The summed E-state index contributed by atoms with van der Waals surface area (Å²) in [5, 5.41) is 1.76. The maximum Gasteiger partial charge on any atom is 0.178 e. The Balaban J connectivity index is 2.14. The van der Waals surface area contributed by atoms with E-state index in [0.717, 1.165) is 22.6 Å². The minimum absolute atomic E-state index is 0.684. The van der Waals surface area contributed by atoms with Gasteiger partial charge in [0.15, 0.2) is 4.77 Å². The lowest BCUT2D eigenvalue weighted by Crippen LogP contribution is -1.97. The van der Waals surface area contributed by atoms with E-state index in [1.165, 1.54) is 4.88 Å². The number of rotatable bonds is 2. The van der Waals surface area contributed by atoms with Gasteiger partial charge in [0.2, 0.25) is 0 Å². The number of aryl methyl sites for hydroxylation is 1. The number of halogens is 1. The summed E-state index contributed by atoms with van der Waals surface area (Å²) in [7, 11) is 0. The van der Waals surface area contributed by atoms with E-state index in [4.69, 9.17) is 23.8 Å². The van der Waals surface area contributed by atoms with Crippen LogP contribution < -0.4 is 0 Å². The Morgan fingerprint density at radius 1 is 1.50 bits per heavy atom. The van der Waals surface area contributed by atoms with Crippen LogP contribution in [0.4, 0.5) is 0 Å². The molecule has 0 amide bonds. The van der Waals surface area contributed by atoms with Gasteiger partial charge >= 0.3 is 0 Å². The highest BCUT2D eigenvalue weighted by atomic mass is 35.5. The average molecular weight is 296 g/mol. The van der Waals surface area contributed by atoms with Crippen molar-refractivity contribution in [2.75, 3.05) is 0 Å². The molecule has 0 radical (unpaired) electrons. The second-order valence-electron chi connectivity index (χ2n) is 4.00. The first-order valence-corrected chi connectivity index (χ1v) is 7.04. The SMILES string of the molecule is Cc1ncc(Cn2c(=S)[nH]c3c(Cl)cccc32)s1. The number of hydrogen-bond donors (Lipinski definition) is 1. The number of H-pyrrole nitrogens is 1. The smallest absolute Gasteiger partial charge is 0.178 e. The fraction of sp³-hybridized carbons (Fsp3) is 0.167. The molecule has 0 aliphatic heterocycles. The van der Waals surface area contributed by atoms with E-state index in [9.17, 15) is 0 Å². The van der Waals surface area contributed by atoms with Crippen LogP contribution in [0.5, 0.6) is 0 Å². The van der Waals surface area contributed by atoms with Crippen LogP contribution in [-0.2, 0) is 6.54 Å². The summed E-state index contributed by atoms with van der Waals surface area (Å²) in [5.41, 5.74) is 1.92. The van der Waals surface area contributed by atoms with Crippen LogP contribution in [0, 0.1) is 11.7 Å². The molecular weight excluding hydrogens is 286 g/mol. The van der Waals surface area contributed by atoms with Crippen molar-refractivity contribution in [3.05, 3.63) is 44.1 Å². The van der Waals surface area contributed by atoms with Crippen LogP contribution >= 0.6 is 35.2 Å². The summed E-state index contributed by atoms with van der Waals surface area (Å²) in [6.07, 6.45) is 1.89. The van der Waals surface area contributed by atoms with Gasteiger partial charge in [-0.25, -0.2) is 4.98 Å². The number of nitrogens with one attached hydrogen (secondary N) is 1. The maximum atomic E-state index is 6.15. The highest BCUT2D eigenvalue weighted by molar-refractivity contribution is 7.71. The highest BCUT2D eigenvalue weighted by Gasteiger charge is 2.08. The molecule has 1 N–H and O–H groups in total. The number of hydrogen-bond acceptors (Lipinski definition) is 3. The van der Waals surface area contributed by atoms with Crippen LogP contribution in [0.25, 0.3) is 11.0 Å². The molecule has 3 aromatic rings. The number of fused-ring (bicyclic) bond motifs is 1. The van der Waals surface area contributed by atoms with Crippen molar-refractivity contribution < 1.29 is 0 Å². The van der Waals surface area contributed by atoms with E-state index in [1.54, 1.807) is 11.3 Å². The van der Waals surface area contributed by atoms with E-state index in [1.807, 2.05) is 35.9 Å². The van der Waals surface area contributed by atoms with Crippen LogP contribution in [0.2, 0.25) is 5.02 Å². The standard InChI is InChI=1S/C12H10ClN3S2/c1-7-14-5-8(18-7)6-16-10-4-2-3-9(13)11(10)15-12(16)17/h2-5H,6H2,1H3,(H,15,17). The molecule has 92 valence electrons. The third-order valence-electron chi connectivity index (χ3n) is 2.74. The summed E-state index contributed by atoms with van der Waals surface area (Å²) in [6, 6.07) is 5.81. The van der Waals surface area contributed by atoms with Crippen molar-refractivity contribution in [3.8, 4) is 0 Å². The predicted molar refractivity (Wildman–Crippen MR) is 78.1 cm³/mol. The van der Waals surface area contributed by atoms with Gasteiger partial charge in [-0.05, 0) is 31.3 Å². The van der Waals surface area contributed by atoms with Gasteiger partial charge < -0.3 is 9.55 Å². The van der Waals surface area contributed by atoms with Crippen LogP contribution in [0.1, 0.15) is 9.88 Å². The van der Waals surface area contributed by atoms with E-state index in [2.05, 4.69) is 9.97 Å². The summed E-state index contributed by atoms with van der Waals surface area (Å²) < 4.78 is 2.73. The average Bonchev–Trinajstić information content (AvgIpc) is 2.87. The number of thiazole rings is 1. The second-order valence-corrected chi connectivity index (χ2v) is 6.11. The number of para-hydroxylation sites is 1. The summed E-state index contributed by atoms with van der Waals surface area (Å²) in [5.74, 6) is 0. The van der Waals surface area contributed by atoms with Gasteiger partial charge in [-0.15, -0.1) is 11.3 Å². The van der Waals surface area contributed by atoms with Gasteiger partial charge in [0.05, 0.1) is 27.6 Å². The number of aromatic amines is 1. The predicted octanol–water partition coefficient (Wildman–Crippen LogP) is 4.17. The third kappa shape index (κ3) is 1.98. The monoisotopic (exact) mass is 295 g/mol. The molecule has 6 heteroatoms. The number of imidazole rings is 1. The fourth-order valence-corrected chi connectivity index (χ4v) is 3.20. The molecule has 0 atom stereocenters. The van der Waals surface area contributed by atoms with Crippen LogP contribution in [0.3, 0.4) is 0 Å². The Labute approximate surface area is 118 Å². The molecule has 0 saturated carbocycles. The van der Waals surface area contributed by atoms with Gasteiger partial charge in [0, 0.05) is 11.1 Å². The Morgan fingerprint density at radius 2 is 2.33 bits per heavy atom. The van der Waals surface area contributed by atoms with Crippen LogP contribution in [-0.4, -0.2) is 14.5 Å². The lowest BCUT2D eigenvalue weighted by molar-refractivity contribution is 0.821. The Morgan fingerprint density at radius 3 is 3.06 bits per heavy atom. The van der Waals surface area contributed by atoms with Gasteiger partial charge in [-0.1, -0.05) is 17.7 Å². The van der Waals surface area contributed by atoms with Gasteiger partial charge in [-0.2, -0.15) is 0 Å². The summed E-state index contributed by atoms with van der Waals surface area (Å²) in [4.78, 5) is 8.60. The minimum atomic E-state index is 0.684. The van der Waals surface area contributed by atoms with E-state index in [0.29, 0.717) is 9.79 Å². The maximum absolute atomic E-state index is 6.15. The first kappa shape index (κ1) is 11.9. The van der Waals surface area contributed by atoms with Crippen molar-refractivity contribution >= 4 is 46.2 Å². The fourth-order valence-electron chi connectivity index (χ4n) is 1.94. The summed E-state index contributed by atoms with van der Waals surface area (Å²) >= 11 is 13.2. The molecule has 18 heavy (non-hydrogen) atoms. The zero-order chi connectivity index (χ0) is 12.7. The Hall–Kier alpha value is -1.17. The minimum Gasteiger partial charge on any atom is -0.329 e. The molecule has 2 aromatic heterocycles. The first-order valence-electron chi connectivity index (χ1n) is 5.43. The molecule has 1 aromatic carbocycles. The molecule has 0 fully saturated rings. The lowest BCUT2D eigenvalue weighted by Gasteiger charge is -2.01. The van der Waals surface area contributed by atoms with Crippen molar-refractivity contribution in [1.29, 1.82) is 0 Å². The number of aromatic nitrogens is 3. The zero-order valence-electron chi connectivity index (χ0n) is 9.61. The van der Waals surface area contributed by atoms with Gasteiger partial charge in [0.1, 0.15) is 0 Å². The molecule has 2 heterocycles. The van der Waals surface area contributed by atoms with Crippen molar-refractivity contribution in [1.82, 2.24) is 14.5 Å². The molecule has 0 saturated heterocycles. The number of nitrogens with zero attached hydrogens (tertiary/aromatic N) is 2. The Bertz CT molecular complexity index is 769. The first-order chi connectivity index (χ1) is 8.65.